The summed E-state index contributed by atoms with van der Waals surface area (Å²) in [5.74, 6) is 0.262. The second-order valence-electron chi connectivity index (χ2n) is 7.98. The van der Waals surface area contributed by atoms with E-state index in [-0.39, 0.29) is 23.9 Å². The lowest BCUT2D eigenvalue weighted by Gasteiger charge is -2.29. The van der Waals surface area contributed by atoms with Crippen molar-refractivity contribution in [2.24, 2.45) is 11.3 Å². The normalized spacial score (nSPS) is 20.1. The standard InChI is InChI=1S/C21H28N2O.CH2O2/c1-4-11-21(2,3)15-23-13-17(20(24)14-23)12-18-10-9-16-7-5-6-8-19(16)22-18;2-1-3/h4-10,17,20,24H,1,11-15H2,2-3H3;1H,(H,2,3)/t17-,20-;/m1./s1. The van der Waals surface area contributed by atoms with E-state index in [9.17, 15) is 5.11 Å². The third-order valence-electron chi connectivity index (χ3n) is 4.96. The van der Waals surface area contributed by atoms with Crippen LogP contribution < -0.4 is 0 Å². The van der Waals surface area contributed by atoms with E-state index in [0.29, 0.717) is 0 Å². The molecule has 2 aromatic rings. The number of fused-ring (bicyclic) bond motifs is 1. The highest BCUT2D eigenvalue weighted by molar-refractivity contribution is 5.78. The molecule has 3 rings (SSSR count). The Bertz CT molecular complexity index is 760. The number of pyridine rings is 1. The molecule has 1 aromatic heterocycles. The monoisotopic (exact) mass is 370 g/mol. The van der Waals surface area contributed by atoms with Crippen LogP contribution in [-0.2, 0) is 11.2 Å². The van der Waals surface area contributed by atoms with Gasteiger partial charge in [0, 0.05) is 36.6 Å². The van der Waals surface area contributed by atoms with Crippen molar-refractivity contribution in [1.29, 1.82) is 0 Å². The van der Waals surface area contributed by atoms with Crippen molar-refractivity contribution in [2.75, 3.05) is 19.6 Å². The lowest BCUT2D eigenvalue weighted by Crippen LogP contribution is -2.33. The molecule has 1 aliphatic heterocycles. The second-order valence-corrected chi connectivity index (χ2v) is 7.98. The molecule has 0 radical (unpaired) electrons. The molecule has 2 N–H and O–H groups in total. The Morgan fingerprint density at radius 3 is 2.67 bits per heavy atom. The number of aliphatic hydroxyl groups is 1. The van der Waals surface area contributed by atoms with E-state index >= 15 is 0 Å². The summed E-state index contributed by atoms with van der Waals surface area (Å²) in [5.41, 5.74) is 2.31. The quantitative estimate of drug-likeness (QED) is 0.602. The first-order chi connectivity index (χ1) is 12.9. The minimum Gasteiger partial charge on any atom is -0.483 e. The van der Waals surface area contributed by atoms with Crippen LogP contribution in [-0.4, -0.2) is 52.3 Å². The van der Waals surface area contributed by atoms with Crippen LogP contribution in [0.1, 0.15) is 26.0 Å². The average molecular weight is 370 g/mol. The molecule has 2 heterocycles. The summed E-state index contributed by atoms with van der Waals surface area (Å²) < 4.78 is 0. The van der Waals surface area contributed by atoms with Crippen LogP contribution in [0.2, 0.25) is 0 Å². The number of allylic oxidation sites excluding steroid dienone is 1. The number of hydrogen-bond donors (Lipinski definition) is 2. The maximum atomic E-state index is 10.5. The van der Waals surface area contributed by atoms with Gasteiger partial charge in [0.05, 0.1) is 11.6 Å². The van der Waals surface area contributed by atoms with Crippen LogP contribution in [0.15, 0.2) is 49.1 Å². The van der Waals surface area contributed by atoms with Crippen molar-refractivity contribution >= 4 is 17.4 Å². The van der Waals surface area contributed by atoms with E-state index in [4.69, 9.17) is 14.9 Å². The van der Waals surface area contributed by atoms with Crippen molar-refractivity contribution in [2.45, 2.75) is 32.8 Å². The Balaban J connectivity index is 0.000000817. The molecule has 27 heavy (non-hydrogen) atoms. The number of carboxylic acid groups (broad SMARTS) is 1. The summed E-state index contributed by atoms with van der Waals surface area (Å²) in [7, 11) is 0. The van der Waals surface area contributed by atoms with Gasteiger partial charge in [0.25, 0.3) is 6.47 Å². The van der Waals surface area contributed by atoms with Gasteiger partial charge in [-0.05, 0) is 30.4 Å². The Hall–Kier alpha value is -2.24. The maximum Gasteiger partial charge on any atom is 0.290 e. The number of rotatable bonds is 6. The smallest absolute Gasteiger partial charge is 0.290 e. The van der Waals surface area contributed by atoms with E-state index in [2.05, 4.69) is 43.5 Å². The molecule has 0 amide bonds. The second kappa shape index (κ2) is 9.62. The van der Waals surface area contributed by atoms with Gasteiger partial charge in [-0.25, -0.2) is 0 Å². The number of nitrogens with zero attached hydrogens (tertiary/aromatic N) is 2. The molecule has 1 aromatic carbocycles. The molecule has 1 aliphatic rings. The van der Waals surface area contributed by atoms with Crippen LogP contribution in [0.25, 0.3) is 10.9 Å². The molecule has 1 saturated heterocycles. The highest BCUT2D eigenvalue weighted by Crippen LogP contribution is 2.28. The molecule has 1 fully saturated rings. The third kappa shape index (κ3) is 6.15. The molecular formula is C22H30N2O3. The molecule has 0 aliphatic carbocycles. The fraction of sp³-hybridized carbons (Fsp3) is 0.455. The van der Waals surface area contributed by atoms with Gasteiger partial charge in [0.15, 0.2) is 0 Å². The number of carbonyl (C=O) groups is 1. The molecule has 146 valence electrons. The molecule has 5 nitrogen and oxygen atoms in total. The fourth-order valence-electron chi connectivity index (χ4n) is 3.82. The lowest BCUT2D eigenvalue weighted by molar-refractivity contribution is -0.122. The van der Waals surface area contributed by atoms with Crippen molar-refractivity contribution in [3.8, 4) is 0 Å². The van der Waals surface area contributed by atoms with E-state index in [1.807, 2.05) is 24.3 Å². The number of β-amino-alcohol motifs (C(OH)–C–C–N with tert-alkyl or cyclic N) is 1. The maximum absolute atomic E-state index is 10.5. The summed E-state index contributed by atoms with van der Waals surface area (Å²) in [6.45, 7) is 10.8. The van der Waals surface area contributed by atoms with E-state index < -0.39 is 0 Å². The van der Waals surface area contributed by atoms with Crippen molar-refractivity contribution in [3.63, 3.8) is 0 Å². The Labute approximate surface area is 161 Å². The van der Waals surface area contributed by atoms with Crippen molar-refractivity contribution in [1.82, 2.24) is 9.88 Å². The SMILES string of the molecule is C=CCC(C)(C)CN1C[C@@H](Cc2ccc3ccccc3n2)[C@H](O)C1.O=CO. The molecule has 0 bridgehead atoms. The topological polar surface area (TPSA) is 73.7 Å². The molecular weight excluding hydrogens is 340 g/mol. The predicted octanol–water partition coefficient (Wildman–Crippen LogP) is 3.37. The van der Waals surface area contributed by atoms with E-state index in [1.165, 1.54) is 5.39 Å². The van der Waals surface area contributed by atoms with Gasteiger partial charge in [-0.1, -0.05) is 44.2 Å². The van der Waals surface area contributed by atoms with Gasteiger partial charge in [-0.3, -0.25) is 14.7 Å². The van der Waals surface area contributed by atoms with Crippen LogP contribution in [0.3, 0.4) is 0 Å². The predicted molar refractivity (Wildman–Crippen MR) is 109 cm³/mol. The molecule has 0 spiro atoms. The van der Waals surface area contributed by atoms with Gasteiger partial charge in [0.1, 0.15) is 0 Å². The fourth-order valence-corrected chi connectivity index (χ4v) is 3.82. The first kappa shape index (κ1) is 21.1. The number of hydrogen-bond acceptors (Lipinski definition) is 4. The highest BCUT2D eigenvalue weighted by atomic mass is 16.3. The number of aliphatic hydroxyl groups excluding tert-OH is 1. The van der Waals surface area contributed by atoms with Gasteiger partial charge < -0.3 is 10.2 Å². The van der Waals surface area contributed by atoms with E-state index in [1.54, 1.807) is 0 Å². The summed E-state index contributed by atoms with van der Waals surface area (Å²) in [4.78, 5) is 15.5. The molecule has 0 saturated carbocycles. The molecule has 2 atom stereocenters. The van der Waals surface area contributed by atoms with Crippen LogP contribution >= 0.6 is 0 Å². The Morgan fingerprint density at radius 2 is 1.96 bits per heavy atom. The van der Waals surface area contributed by atoms with Crippen molar-refractivity contribution < 1.29 is 15.0 Å². The first-order valence-electron chi connectivity index (χ1n) is 9.32. The third-order valence-corrected chi connectivity index (χ3v) is 4.96. The van der Waals surface area contributed by atoms with Crippen LogP contribution in [0.5, 0.6) is 0 Å². The number of aromatic nitrogens is 1. The Kier molecular flexibility index (Phi) is 7.51. The summed E-state index contributed by atoms with van der Waals surface area (Å²) in [6, 6.07) is 12.4. The molecule has 5 heteroatoms. The van der Waals surface area contributed by atoms with Gasteiger partial charge in [-0.2, -0.15) is 0 Å². The summed E-state index contributed by atoms with van der Waals surface area (Å²) in [6.07, 6.45) is 3.56. The highest BCUT2D eigenvalue weighted by Gasteiger charge is 2.34. The molecule has 0 unspecified atom stereocenters. The van der Waals surface area contributed by atoms with Crippen molar-refractivity contribution in [3.05, 3.63) is 54.7 Å². The first-order valence-corrected chi connectivity index (χ1v) is 9.32. The summed E-state index contributed by atoms with van der Waals surface area (Å²) in [5, 5.41) is 18.5. The zero-order valence-electron chi connectivity index (χ0n) is 16.2. The summed E-state index contributed by atoms with van der Waals surface area (Å²) >= 11 is 0. The average Bonchev–Trinajstić information content (AvgIpc) is 2.93. The zero-order valence-corrected chi connectivity index (χ0v) is 16.2. The van der Waals surface area contributed by atoms with Gasteiger partial charge in [0.2, 0.25) is 0 Å². The lowest BCUT2D eigenvalue weighted by atomic mass is 9.89. The van der Waals surface area contributed by atoms with Gasteiger partial charge >= 0.3 is 0 Å². The zero-order chi connectivity index (χ0) is 19.9. The minimum absolute atomic E-state index is 0.206. The van der Waals surface area contributed by atoms with Crippen LogP contribution in [0, 0.1) is 11.3 Å². The van der Waals surface area contributed by atoms with E-state index in [0.717, 1.165) is 43.7 Å². The largest absolute Gasteiger partial charge is 0.483 e. The number of benzene rings is 1. The number of likely N-dealkylation sites (tertiary alicyclic amines) is 1. The number of para-hydroxylation sites is 1. The minimum atomic E-state index is -0.266. The van der Waals surface area contributed by atoms with Crippen LogP contribution in [0.4, 0.5) is 0 Å². The Morgan fingerprint density at radius 1 is 1.26 bits per heavy atom. The van der Waals surface area contributed by atoms with Gasteiger partial charge in [-0.15, -0.1) is 6.58 Å².